The summed E-state index contributed by atoms with van der Waals surface area (Å²) in [5, 5.41) is 33.6. The van der Waals surface area contributed by atoms with Gasteiger partial charge in [0, 0.05) is 23.6 Å². The van der Waals surface area contributed by atoms with Crippen molar-refractivity contribution < 1.29 is 39.2 Å². The molecule has 0 amide bonds. The maximum Gasteiger partial charge on any atom is 0.335 e. The standard InChI is InChI=1S/C22H23N5O2.C4H6O6/c23-17(6-2-1-3-7-20(28)22-25-11-12-29-22)21-26-14-19(27-21)16-8-9-18-15(13-16)5-4-10-24-18;5-1(3(7)8)2(6)4(9)10/h4-5,8-14,17H,1-3,6-7,23H2,(H,26,27);1-2,5-6H,(H,7,8)(H,9,10)/t17-;/m0./s1. The first-order chi connectivity index (χ1) is 18.7. The van der Waals surface area contributed by atoms with Crippen molar-refractivity contribution in [3.05, 3.63) is 66.9 Å². The summed E-state index contributed by atoms with van der Waals surface area (Å²) >= 11 is 0. The number of hydrogen-bond acceptors (Lipinski definition) is 10. The molecule has 3 atom stereocenters. The van der Waals surface area contributed by atoms with Gasteiger partial charge >= 0.3 is 11.9 Å². The molecule has 39 heavy (non-hydrogen) atoms. The lowest BCUT2D eigenvalue weighted by Crippen LogP contribution is -2.39. The Hall–Kier alpha value is -4.46. The molecular formula is C26H29N5O8. The Balaban J connectivity index is 0.000000360. The highest BCUT2D eigenvalue weighted by Gasteiger charge is 2.29. The van der Waals surface area contributed by atoms with Crippen LogP contribution in [-0.2, 0) is 9.59 Å². The smallest absolute Gasteiger partial charge is 0.335 e. The summed E-state index contributed by atoms with van der Waals surface area (Å²) in [4.78, 5) is 47.4. The van der Waals surface area contributed by atoms with Gasteiger partial charge < -0.3 is 35.6 Å². The Kier molecular flexibility index (Phi) is 10.4. The predicted molar refractivity (Wildman–Crippen MR) is 137 cm³/mol. The Morgan fingerprint density at radius 3 is 2.36 bits per heavy atom. The van der Waals surface area contributed by atoms with Crippen LogP contribution in [0.25, 0.3) is 22.2 Å². The summed E-state index contributed by atoms with van der Waals surface area (Å²) in [5.74, 6) is -2.62. The third-order valence-electron chi connectivity index (χ3n) is 5.76. The van der Waals surface area contributed by atoms with Crippen LogP contribution in [0.3, 0.4) is 0 Å². The highest BCUT2D eigenvalue weighted by atomic mass is 16.4. The van der Waals surface area contributed by atoms with Crippen molar-refractivity contribution in [1.29, 1.82) is 0 Å². The van der Waals surface area contributed by atoms with Gasteiger partial charge in [-0.25, -0.2) is 19.6 Å². The maximum atomic E-state index is 11.8. The van der Waals surface area contributed by atoms with Gasteiger partial charge in [0.25, 0.3) is 5.89 Å². The van der Waals surface area contributed by atoms with Crippen molar-refractivity contribution in [3.63, 3.8) is 0 Å². The van der Waals surface area contributed by atoms with Crippen LogP contribution < -0.4 is 5.73 Å². The number of Topliss-reactive ketones (excluding diaryl/α,β-unsaturated/α-hetero) is 1. The van der Waals surface area contributed by atoms with Gasteiger partial charge in [-0.05, 0) is 31.0 Å². The Morgan fingerprint density at radius 2 is 1.69 bits per heavy atom. The number of aromatic amines is 1. The number of ketones is 1. The number of pyridine rings is 1. The first-order valence-electron chi connectivity index (χ1n) is 12.1. The van der Waals surface area contributed by atoms with Crippen LogP contribution in [-0.4, -0.2) is 70.3 Å². The quantitative estimate of drug-likeness (QED) is 0.113. The van der Waals surface area contributed by atoms with Crippen LogP contribution in [0.4, 0.5) is 0 Å². The molecule has 0 saturated carbocycles. The molecular weight excluding hydrogens is 510 g/mol. The number of fused-ring (bicyclic) bond motifs is 1. The van der Waals surface area contributed by atoms with Crippen LogP contribution in [0.2, 0.25) is 0 Å². The molecule has 7 N–H and O–H groups in total. The molecule has 206 valence electrons. The minimum atomic E-state index is -2.27. The number of carbonyl (C=O) groups is 3. The molecule has 0 saturated heterocycles. The number of H-pyrrole nitrogens is 1. The molecule has 0 bridgehead atoms. The molecule has 0 aliphatic heterocycles. The summed E-state index contributed by atoms with van der Waals surface area (Å²) < 4.78 is 5.01. The summed E-state index contributed by atoms with van der Waals surface area (Å²) in [7, 11) is 0. The lowest BCUT2D eigenvalue weighted by molar-refractivity contribution is -0.165. The van der Waals surface area contributed by atoms with Crippen LogP contribution >= 0.6 is 0 Å². The summed E-state index contributed by atoms with van der Waals surface area (Å²) in [6, 6.07) is 9.94. The number of aliphatic carboxylic acids is 2. The van der Waals surface area contributed by atoms with E-state index in [9.17, 15) is 14.4 Å². The van der Waals surface area contributed by atoms with E-state index in [1.807, 2.05) is 30.5 Å². The number of nitrogens with two attached hydrogens (primary N) is 1. The zero-order valence-corrected chi connectivity index (χ0v) is 20.8. The van der Waals surface area contributed by atoms with Gasteiger partial charge in [0.2, 0.25) is 5.78 Å². The maximum absolute atomic E-state index is 11.8. The lowest BCUT2D eigenvalue weighted by atomic mass is 10.1. The highest BCUT2D eigenvalue weighted by molar-refractivity contribution is 5.91. The Bertz CT molecular complexity index is 1370. The number of carbonyl (C=O) groups excluding carboxylic acids is 1. The predicted octanol–water partition coefficient (Wildman–Crippen LogP) is 2.32. The molecule has 2 unspecified atom stereocenters. The number of nitrogens with zero attached hydrogens (tertiary/aromatic N) is 3. The lowest BCUT2D eigenvalue weighted by Gasteiger charge is -2.08. The van der Waals surface area contributed by atoms with Gasteiger partial charge in [0.1, 0.15) is 12.1 Å². The van der Waals surface area contributed by atoms with Crippen molar-refractivity contribution in [2.24, 2.45) is 5.73 Å². The fourth-order valence-corrected chi connectivity index (χ4v) is 3.62. The third kappa shape index (κ3) is 8.26. The van der Waals surface area contributed by atoms with E-state index in [2.05, 4.69) is 26.0 Å². The van der Waals surface area contributed by atoms with Gasteiger partial charge in [-0.2, -0.15) is 0 Å². The van der Waals surface area contributed by atoms with E-state index in [-0.39, 0.29) is 17.7 Å². The van der Waals surface area contributed by atoms with E-state index in [4.69, 9.17) is 30.6 Å². The van der Waals surface area contributed by atoms with E-state index >= 15 is 0 Å². The molecule has 1 aromatic carbocycles. The number of aliphatic hydroxyl groups is 2. The second kappa shape index (κ2) is 13.9. The van der Waals surface area contributed by atoms with Crippen molar-refractivity contribution in [1.82, 2.24) is 19.9 Å². The molecule has 13 nitrogen and oxygen atoms in total. The monoisotopic (exact) mass is 539 g/mol. The first-order valence-corrected chi connectivity index (χ1v) is 12.1. The summed E-state index contributed by atoms with van der Waals surface area (Å²) in [6.45, 7) is 0. The van der Waals surface area contributed by atoms with Crippen molar-refractivity contribution >= 4 is 28.6 Å². The molecule has 4 aromatic rings. The van der Waals surface area contributed by atoms with Crippen molar-refractivity contribution in [3.8, 4) is 11.3 Å². The first kappa shape index (κ1) is 29.1. The van der Waals surface area contributed by atoms with Crippen LogP contribution in [0.5, 0.6) is 0 Å². The number of oxazole rings is 1. The zero-order valence-electron chi connectivity index (χ0n) is 20.8. The number of unbranched alkanes of at least 4 members (excludes halogenated alkanes) is 2. The Labute approximate surface area is 222 Å². The van der Waals surface area contributed by atoms with E-state index < -0.39 is 24.1 Å². The van der Waals surface area contributed by atoms with Gasteiger partial charge in [-0.15, -0.1) is 0 Å². The molecule has 0 spiro atoms. The highest BCUT2D eigenvalue weighted by Crippen LogP contribution is 2.24. The SMILES string of the molecule is N[C@@H](CCCCCC(=O)c1ncco1)c1ncc(-c2ccc3ncccc3c2)[nH]1.O=C(O)C(O)C(O)C(=O)O. The second-order valence-corrected chi connectivity index (χ2v) is 8.63. The van der Waals surface area contributed by atoms with E-state index in [0.717, 1.165) is 53.7 Å². The van der Waals surface area contributed by atoms with E-state index in [1.165, 1.54) is 12.5 Å². The van der Waals surface area contributed by atoms with Gasteiger partial charge in [0.15, 0.2) is 12.2 Å². The largest absolute Gasteiger partial charge is 0.479 e. The van der Waals surface area contributed by atoms with Crippen molar-refractivity contribution in [2.75, 3.05) is 0 Å². The molecule has 0 aliphatic carbocycles. The Morgan fingerprint density at radius 1 is 0.949 bits per heavy atom. The second-order valence-electron chi connectivity index (χ2n) is 8.63. The van der Waals surface area contributed by atoms with E-state index in [0.29, 0.717) is 6.42 Å². The van der Waals surface area contributed by atoms with Gasteiger partial charge in [-0.3, -0.25) is 9.78 Å². The summed E-state index contributed by atoms with van der Waals surface area (Å²) in [6.07, 6.45) is 5.87. The molecule has 3 heterocycles. The number of rotatable bonds is 12. The van der Waals surface area contributed by atoms with Crippen LogP contribution in [0.15, 0.2) is 59.6 Å². The number of carboxylic acid groups (broad SMARTS) is 2. The van der Waals surface area contributed by atoms with Crippen molar-refractivity contribution in [2.45, 2.75) is 50.4 Å². The third-order valence-corrected chi connectivity index (χ3v) is 5.76. The molecule has 0 radical (unpaired) electrons. The normalized spacial score (nSPS) is 13.2. The van der Waals surface area contributed by atoms with Gasteiger partial charge in [0.05, 0.1) is 29.6 Å². The number of hydrogen-bond donors (Lipinski definition) is 6. The average molecular weight is 540 g/mol. The number of aromatic nitrogens is 4. The number of benzene rings is 1. The topological polar surface area (TPSA) is 226 Å². The zero-order chi connectivity index (χ0) is 28.4. The molecule has 3 aromatic heterocycles. The van der Waals surface area contributed by atoms with Crippen LogP contribution in [0.1, 0.15) is 54.7 Å². The fourth-order valence-electron chi connectivity index (χ4n) is 3.62. The number of aliphatic hydroxyl groups excluding tert-OH is 2. The van der Waals surface area contributed by atoms with Gasteiger partial charge in [-0.1, -0.05) is 25.0 Å². The van der Waals surface area contributed by atoms with E-state index in [1.54, 1.807) is 6.20 Å². The minimum absolute atomic E-state index is 0.0550. The van der Waals surface area contributed by atoms with Crippen LogP contribution in [0, 0.1) is 0 Å². The fraction of sp³-hybridized carbons (Fsp3) is 0.308. The number of nitrogens with one attached hydrogen (secondary N) is 1. The average Bonchev–Trinajstić information content (AvgIpc) is 3.65. The molecule has 13 heteroatoms. The molecule has 0 fully saturated rings. The number of imidazole rings is 1. The number of carboxylic acids is 2. The summed E-state index contributed by atoms with van der Waals surface area (Å²) in [5.41, 5.74) is 9.27. The minimum Gasteiger partial charge on any atom is -0.479 e. The molecule has 0 aliphatic rings. The molecule has 4 rings (SSSR count).